The summed E-state index contributed by atoms with van der Waals surface area (Å²) in [5.74, 6) is 0.649. The highest BCUT2D eigenvalue weighted by Crippen LogP contribution is 2.38. The summed E-state index contributed by atoms with van der Waals surface area (Å²) in [4.78, 5) is 8.60. The molecule has 112 valence electrons. The first-order valence-corrected chi connectivity index (χ1v) is 8.52. The van der Waals surface area contributed by atoms with Crippen LogP contribution in [0.5, 0.6) is 0 Å². The average molecular weight is 301 g/mol. The van der Waals surface area contributed by atoms with Gasteiger partial charge in [-0.15, -0.1) is 0 Å². The lowest BCUT2D eigenvalue weighted by Gasteiger charge is -2.23. The molecule has 1 heterocycles. The van der Waals surface area contributed by atoms with Gasteiger partial charge in [-0.2, -0.15) is 0 Å². The molecule has 3 rings (SSSR count). The highest BCUT2D eigenvalue weighted by atomic mass is 32.1. The Kier molecular flexibility index (Phi) is 4.27. The van der Waals surface area contributed by atoms with Crippen LogP contribution in [0.25, 0.3) is 11.3 Å². The van der Waals surface area contributed by atoms with Crippen molar-refractivity contribution < 1.29 is 0 Å². The fourth-order valence-electron chi connectivity index (χ4n) is 2.59. The quantitative estimate of drug-likeness (QED) is 0.880. The molecule has 0 amide bonds. The van der Waals surface area contributed by atoms with Crippen LogP contribution < -0.4 is 10.6 Å². The summed E-state index contributed by atoms with van der Waals surface area (Å²) in [5, 5.41) is 1.14. The third-order valence-corrected chi connectivity index (χ3v) is 4.83. The summed E-state index contributed by atoms with van der Waals surface area (Å²) in [6.45, 7) is 6.17. The maximum atomic E-state index is 5.95. The molecule has 1 fully saturated rings. The summed E-state index contributed by atoms with van der Waals surface area (Å²) >= 11 is 1.76. The van der Waals surface area contributed by atoms with Crippen LogP contribution in [0.1, 0.15) is 31.6 Å². The highest BCUT2D eigenvalue weighted by molar-refractivity contribution is 7.16. The number of hydrogen-bond donors (Lipinski definition) is 1. The van der Waals surface area contributed by atoms with Gasteiger partial charge in [-0.1, -0.05) is 55.5 Å². The van der Waals surface area contributed by atoms with Crippen molar-refractivity contribution in [3.8, 4) is 11.3 Å². The van der Waals surface area contributed by atoms with Gasteiger partial charge in [0.2, 0.25) is 0 Å². The minimum absolute atomic E-state index is 0.558. The topological polar surface area (TPSA) is 42.2 Å². The van der Waals surface area contributed by atoms with E-state index in [0.29, 0.717) is 18.5 Å². The van der Waals surface area contributed by atoms with Gasteiger partial charge in [-0.3, -0.25) is 0 Å². The van der Waals surface area contributed by atoms with Crippen LogP contribution >= 0.6 is 11.3 Å². The highest BCUT2D eigenvalue weighted by Gasteiger charge is 2.32. The van der Waals surface area contributed by atoms with Crippen LogP contribution in [0.2, 0.25) is 0 Å². The number of aromatic nitrogens is 1. The Morgan fingerprint density at radius 3 is 2.57 bits per heavy atom. The average Bonchev–Trinajstić information content (AvgIpc) is 3.24. The first-order chi connectivity index (χ1) is 10.2. The van der Waals surface area contributed by atoms with E-state index in [9.17, 15) is 0 Å². The Hall–Kier alpha value is -1.39. The van der Waals surface area contributed by atoms with Crippen molar-refractivity contribution in [2.75, 3.05) is 11.4 Å². The van der Waals surface area contributed by atoms with Gasteiger partial charge in [0.05, 0.1) is 5.69 Å². The van der Waals surface area contributed by atoms with E-state index >= 15 is 0 Å². The van der Waals surface area contributed by atoms with E-state index in [-0.39, 0.29) is 0 Å². The lowest BCUT2D eigenvalue weighted by Crippen LogP contribution is -2.29. The summed E-state index contributed by atoms with van der Waals surface area (Å²) in [6.07, 6.45) is 2.59. The molecule has 0 aliphatic heterocycles. The van der Waals surface area contributed by atoms with Gasteiger partial charge in [0.25, 0.3) is 0 Å². The molecule has 3 nitrogen and oxygen atoms in total. The standard InChI is InChI=1S/C17H23N3S/c1-12(2)11-20(14-8-9-14)17-19-16(15(10-18)21-17)13-6-4-3-5-7-13/h3-7,12,14H,8-11,18H2,1-2H3. The molecule has 4 heteroatoms. The second-order valence-corrected chi connectivity index (χ2v) is 7.18. The zero-order chi connectivity index (χ0) is 14.8. The van der Waals surface area contributed by atoms with E-state index in [0.717, 1.165) is 17.4 Å². The number of nitrogens with two attached hydrogens (primary N) is 1. The van der Waals surface area contributed by atoms with E-state index in [1.165, 1.54) is 23.3 Å². The van der Waals surface area contributed by atoms with E-state index in [1.54, 1.807) is 11.3 Å². The minimum Gasteiger partial charge on any atom is -0.345 e. The van der Waals surface area contributed by atoms with Crippen LogP contribution in [0.3, 0.4) is 0 Å². The van der Waals surface area contributed by atoms with Crippen molar-refractivity contribution in [3.05, 3.63) is 35.2 Å². The lowest BCUT2D eigenvalue weighted by atomic mass is 10.1. The Labute approximate surface area is 130 Å². The van der Waals surface area contributed by atoms with E-state index in [2.05, 4.69) is 43.0 Å². The number of benzene rings is 1. The molecule has 2 aromatic rings. The number of anilines is 1. The molecule has 0 bridgehead atoms. The van der Waals surface area contributed by atoms with Crippen LogP contribution in [-0.4, -0.2) is 17.6 Å². The fraction of sp³-hybridized carbons (Fsp3) is 0.471. The molecule has 0 radical (unpaired) electrons. The molecule has 1 aromatic carbocycles. The molecule has 0 atom stereocenters. The largest absolute Gasteiger partial charge is 0.345 e. The van der Waals surface area contributed by atoms with Gasteiger partial charge in [0.15, 0.2) is 5.13 Å². The maximum absolute atomic E-state index is 5.95. The molecule has 0 unspecified atom stereocenters. The predicted octanol–water partition coefficient (Wildman–Crippen LogP) is 3.89. The summed E-state index contributed by atoms with van der Waals surface area (Å²) < 4.78 is 0. The first kappa shape index (κ1) is 14.5. The third kappa shape index (κ3) is 3.27. The van der Waals surface area contributed by atoms with Crippen molar-refractivity contribution in [1.29, 1.82) is 0 Å². The molecular weight excluding hydrogens is 278 g/mol. The SMILES string of the molecule is CC(C)CN(c1nc(-c2ccccc2)c(CN)s1)C1CC1. The van der Waals surface area contributed by atoms with Crippen molar-refractivity contribution in [3.63, 3.8) is 0 Å². The molecule has 1 saturated carbocycles. The second-order valence-electron chi connectivity index (χ2n) is 6.12. The van der Waals surface area contributed by atoms with Crippen molar-refractivity contribution in [2.45, 2.75) is 39.3 Å². The number of rotatable bonds is 6. The third-order valence-electron chi connectivity index (χ3n) is 3.71. The number of hydrogen-bond acceptors (Lipinski definition) is 4. The van der Waals surface area contributed by atoms with Gasteiger partial charge >= 0.3 is 0 Å². The lowest BCUT2D eigenvalue weighted by molar-refractivity contribution is 0.606. The molecule has 0 spiro atoms. The summed E-state index contributed by atoms with van der Waals surface area (Å²) in [6, 6.07) is 11.1. The van der Waals surface area contributed by atoms with Crippen LogP contribution in [0, 0.1) is 5.92 Å². The zero-order valence-electron chi connectivity index (χ0n) is 12.7. The second kappa shape index (κ2) is 6.16. The van der Waals surface area contributed by atoms with Gasteiger partial charge in [-0.25, -0.2) is 4.98 Å². The van der Waals surface area contributed by atoms with E-state index in [1.807, 2.05) is 6.07 Å². The Balaban J connectivity index is 1.94. The monoisotopic (exact) mass is 301 g/mol. The number of nitrogens with zero attached hydrogens (tertiary/aromatic N) is 2. The smallest absolute Gasteiger partial charge is 0.186 e. The molecule has 21 heavy (non-hydrogen) atoms. The van der Waals surface area contributed by atoms with Gasteiger partial charge in [0, 0.05) is 29.6 Å². The molecule has 1 aliphatic carbocycles. The number of thiazole rings is 1. The van der Waals surface area contributed by atoms with Gasteiger partial charge < -0.3 is 10.6 Å². The van der Waals surface area contributed by atoms with Crippen LogP contribution in [0.4, 0.5) is 5.13 Å². The Morgan fingerprint density at radius 1 is 1.29 bits per heavy atom. The normalized spacial score (nSPS) is 14.7. The molecule has 2 N–H and O–H groups in total. The van der Waals surface area contributed by atoms with E-state index in [4.69, 9.17) is 10.7 Å². The first-order valence-electron chi connectivity index (χ1n) is 7.71. The summed E-state index contributed by atoms with van der Waals surface area (Å²) in [5.41, 5.74) is 8.18. The molecule has 0 saturated heterocycles. The van der Waals surface area contributed by atoms with Crippen molar-refractivity contribution in [1.82, 2.24) is 4.98 Å². The van der Waals surface area contributed by atoms with Crippen molar-refractivity contribution in [2.24, 2.45) is 11.7 Å². The van der Waals surface area contributed by atoms with Gasteiger partial charge in [-0.05, 0) is 18.8 Å². The van der Waals surface area contributed by atoms with Crippen LogP contribution in [-0.2, 0) is 6.54 Å². The zero-order valence-corrected chi connectivity index (χ0v) is 13.6. The molecule has 1 aromatic heterocycles. The van der Waals surface area contributed by atoms with E-state index < -0.39 is 0 Å². The molecule has 1 aliphatic rings. The van der Waals surface area contributed by atoms with Crippen molar-refractivity contribution >= 4 is 16.5 Å². The fourth-order valence-corrected chi connectivity index (χ4v) is 3.63. The maximum Gasteiger partial charge on any atom is 0.186 e. The van der Waals surface area contributed by atoms with Gasteiger partial charge in [0.1, 0.15) is 0 Å². The Bertz CT molecular complexity index is 587. The Morgan fingerprint density at radius 2 is 2.00 bits per heavy atom. The summed E-state index contributed by atoms with van der Waals surface area (Å²) in [7, 11) is 0. The minimum atomic E-state index is 0.558. The predicted molar refractivity (Wildman–Crippen MR) is 90.6 cm³/mol. The van der Waals surface area contributed by atoms with Crippen LogP contribution in [0.15, 0.2) is 30.3 Å². The molecular formula is C17H23N3S.